The third-order valence-corrected chi connectivity index (χ3v) is 4.05. The number of nitrogens with one attached hydrogen (secondary N) is 3. The van der Waals surface area contributed by atoms with Crippen LogP contribution >= 0.6 is 0 Å². The standard InChI is InChI=1S/C17H27N5O10/c1-7(17(31)32)20-15(29)9(2-4-11(19)23)22-16(30)10(3-5-12(24)25)21-14(28)8(18)6-13(26)27/h7-10H,2-6,18H2,1H3,(H2,19,23)(H,20,29)(H,21,28)(H,22,30)(H,24,25)(H,26,27)(H,31,32). The van der Waals surface area contributed by atoms with E-state index in [4.69, 9.17) is 26.8 Å². The molecule has 10 N–H and O–H groups in total. The zero-order valence-electron chi connectivity index (χ0n) is 17.2. The predicted octanol–water partition coefficient (Wildman–Crippen LogP) is -3.52. The molecular formula is C17H27N5O10. The first-order valence-corrected chi connectivity index (χ1v) is 9.36. The van der Waals surface area contributed by atoms with Crippen LogP contribution < -0.4 is 27.4 Å². The molecule has 0 heterocycles. The highest BCUT2D eigenvalue weighted by Gasteiger charge is 2.30. The summed E-state index contributed by atoms with van der Waals surface area (Å²) >= 11 is 0. The van der Waals surface area contributed by atoms with Crippen LogP contribution in [0.25, 0.3) is 0 Å². The van der Waals surface area contributed by atoms with E-state index >= 15 is 0 Å². The smallest absolute Gasteiger partial charge is 0.325 e. The highest BCUT2D eigenvalue weighted by atomic mass is 16.4. The number of hydrogen-bond donors (Lipinski definition) is 8. The van der Waals surface area contributed by atoms with Crippen molar-refractivity contribution in [2.24, 2.45) is 11.5 Å². The zero-order chi connectivity index (χ0) is 25.0. The Kier molecular flexibility index (Phi) is 11.9. The Balaban J connectivity index is 5.48. The average molecular weight is 461 g/mol. The number of primary amides is 1. The van der Waals surface area contributed by atoms with Crippen molar-refractivity contribution in [1.82, 2.24) is 16.0 Å². The summed E-state index contributed by atoms with van der Waals surface area (Å²) in [5.41, 5.74) is 10.5. The van der Waals surface area contributed by atoms with Gasteiger partial charge in [-0.25, -0.2) is 0 Å². The van der Waals surface area contributed by atoms with E-state index in [1.54, 1.807) is 0 Å². The molecule has 32 heavy (non-hydrogen) atoms. The van der Waals surface area contributed by atoms with Crippen LogP contribution in [0, 0.1) is 0 Å². The highest BCUT2D eigenvalue weighted by molar-refractivity contribution is 5.95. The summed E-state index contributed by atoms with van der Waals surface area (Å²) < 4.78 is 0. The van der Waals surface area contributed by atoms with Crippen LogP contribution in [0.1, 0.15) is 39.0 Å². The van der Waals surface area contributed by atoms with E-state index in [0.717, 1.165) is 6.92 Å². The van der Waals surface area contributed by atoms with Crippen LogP contribution in [0.4, 0.5) is 0 Å². The lowest BCUT2D eigenvalue weighted by Crippen LogP contribution is -2.57. The highest BCUT2D eigenvalue weighted by Crippen LogP contribution is 2.04. The molecule has 0 bridgehead atoms. The van der Waals surface area contributed by atoms with Crippen molar-refractivity contribution in [3.8, 4) is 0 Å². The number of amides is 4. The van der Waals surface area contributed by atoms with Crippen molar-refractivity contribution in [3.63, 3.8) is 0 Å². The maximum atomic E-state index is 12.6. The molecule has 180 valence electrons. The minimum Gasteiger partial charge on any atom is -0.481 e. The van der Waals surface area contributed by atoms with Crippen LogP contribution in [-0.2, 0) is 33.6 Å². The fourth-order valence-electron chi connectivity index (χ4n) is 2.30. The second-order valence-corrected chi connectivity index (χ2v) is 6.83. The molecule has 0 fully saturated rings. The molecule has 0 saturated heterocycles. The van der Waals surface area contributed by atoms with Crippen molar-refractivity contribution in [3.05, 3.63) is 0 Å². The summed E-state index contributed by atoms with van der Waals surface area (Å²) in [7, 11) is 0. The molecule has 0 radical (unpaired) electrons. The van der Waals surface area contributed by atoms with Gasteiger partial charge < -0.3 is 42.7 Å². The van der Waals surface area contributed by atoms with Crippen molar-refractivity contribution >= 4 is 41.5 Å². The van der Waals surface area contributed by atoms with Crippen LogP contribution in [0.15, 0.2) is 0 Å². The molecule has 0 aliphatic rings. The molecule has 0 aliphatic carbocycles. The van der Waals surface area contributed by atoms with Gasteiger partial charge in [0.2, 0.25) is 23.6 Å². The molecule has 15 heteroatoms. The Bertz CT molecular complexity index is 756. The van der Waals surface area contributed by atoms with Gasteiger partial charge in [0.15, 0.2) is 0 Å². The van der Waals surface area contributed by atoms with Gasteiger partial charge in [-0.15, -0.1) is 0 Å². The maximum absolute atomic E-state index is 12.6. The van der Waals surface area contributed by atoms with Gasteiger partial charge >= 0.3 is 17.9 Å². The first-order valence-electron chi connectivity index (χ1n) is 9.36. The number of carboxylic acid groups (broad SMARTS) is 3. The summed E-state index contributed by atoms with van der Waals surface area (Å²) in [4.78, 5) is 80.6. The first-order chi connectivity index (χ1) is 14.7. The molecule has 0 aromatic heterocycles. The van der Waals surface area contributed by atoms with Crippen molar-refractivity contribution < 1.29 is 48.9 Å². The average Bonchev–Trinajstić information content (AvgIpc) is 2.66. The SMILES string of the molecule is CC(NC(=O)C(CCC(N)=O)NC(=O)C(CCC(=O)O)NC(=O)C(N)CC(=O)O)C(=O)O. The Morgan fingerprint density at radius 1 is 0.750 bits per heavy atom. The van der Waals surface area contributed by atoms with Gasteiger partial charge in [0.1, 0.15) is 18.1 Å². The summed E-state index contributed by atoms with van der Waals surface area (Å²) in [5.74, 6) is -7.89. The fourth-order valence-corrected chi connectivity index (χ4v) is 2.30. The Morgan fingerprint density at radius 3 is 1.66 bits per heavy atom. The van der Waals surface area contributed by atoms with Gasteiger partial charge in [0.05, 0.1) is 12.5 Å². The number of aliphatic carboxylic acids is 3. The van der Waals surface area contributed by atoms with Crippen molar-refractivity contribution in [2.45, 2.75) is 63.2 Å². The molecule has 0 saturated carbocycles. The molecular weight excluding hydrogens is 434 g/mol. The first kappa shape index (κ1) is 28.2. The quantitative estimate of drug-likeness (QED) is 0.118. The van der Waals surface area contributed by atoms with E-state index in [2.05, 4.69) is 16.0 Å². The topological polar surface area (TPSA) is 268 Å². The monoisotopic (exact) mass is 461 g/mol. The lowest BCUT2D eigenvalue weighted by Gasteiger charge is -2.24. The Morgan fingerprint density at radius 2 is 1.22 bits per heavy atom. The van der Waals surface area contributed by atoms with Crippen LogP contribution in [0.3, 0.4) is 0 Å². The fraction of sp³-hybridized carbons (Fsp3) is 0.588. The minimum absolute atomic E-state index is 0.308. The molecule has 4 unspecified atom stereocenters. The summed E-state index contributed by atoms with van der Waals surface area (Å²) in [6.45, 7) is 1.16. The second-order valence-electron chi connectivity index (χ2n) is 6.83. The van der Waals surface area contributed by atoms with Gasteiger partial charge in [-0.2, -0.15) is 0 Å². The van der Waals surface area contributed by atoms with Gasteiger partial charge in [0.25, 0.3) is 0 Å². The molecule has 0 spiro atoms. The largest absolute Gasteiger partial charge is 0.481 e. The summed E-state index contributed by atoms with van der Waals surface area (Å²) in [6, 6.07) is -5.81. The lowest BCUT2D eigenvalue weighted by molar-refractivity contribution is -0.142. The van der Waals surface area contributed by atoms with Gasteiger partial charge in [-0.3, -0.25) is 33.6 Å². The number of hydrogen-bond acceptors (Lipinski definition) is 8. The summed E-state index contributed by atoms with van der Waals surface area (Å²) in [5, 5.41) is 32.9. The molecule has 0 rings (SSSR count). The zero-order valence-corrected chi connectivity index (χ0v) is 17.2. The van der Waals surface area contributed by atoms with Gasteiger partial charge in [-0.1, -0.05) is 0 Å². The Hall–Kier alpha value is -3.75. The normalized spacial score (nSPS) is 14.2. The van der Waals surface area contributed by atoms with E-state index in [1.807, 2.05) is 0 Å². The third kappa shape index (κ3) is 11.4. The van der Waals surface area contributed by atoms with Crippen LogP contribution in [0.5, 0.6) is 0 Å². The van der Waals surface area contributed by atoms with Crippen molar-refractivity contribution in [1.29, 1.82) is 0 Å². The number of carboxylic acids is 3. The number of nitrogens with two attached hydrogens (primary N) is 2. The van der Waals surface area contributed by atoms with E-state index in [9.17, 15) is 33.6 Å². The number of carbonyl (C=O) groups excluding carboxylic acids is 4. The molecule has 0 aromatic rings. The number of carbonyl (C=O) groups is 7. The maximum Gasteiger partial charge on any atom is 0.325 e. The van der Waals surface area contributed by atoms with Crippen molar-refractivity contribution in [2.75, 3.05) is 0 Å². The number of rotatable bonds is 15. The van der Waals surface area contributed by atoms with E-state index in [1.165, 1.54) is 0 Å². The third-order valence-electron chi connectivity index (χ3n) is 4.05. The van der Waals surface area contributed by atoms with Gasteiger partial charge in [-0.05, 0) is 19.8 Å². The molecule has 0 aromatic carbocycles. The predicted molar refractivity (Wildman–Crippen MR) is 105 cm³/mol. The van der Waals surface area contributed by atoms with E-state index in [-0.39, 0.29) is 12.8 Å². The molecule has 15 nitrogen and oxygen atoms in total. The summed E-state index contributed by atoms with van der Waals surface area (Å²) in [6.07, 6.45) is -2.41. The molecule has 4 atom stereocenters. The van der Waals surface area contributed by atoms with E-state index < -0.39 is 85.0 Å². The van der Waals surface area contributed by atoms with E-state index in [0.29, 0.717) is 0 Å². The van der Waals surface area contributed by atoms with Crippen LogP contribution in [-0.4, -0.2) is 81.0 Å². The van der Waals surface area contributed by atoms with Gasteiger partial charge in [0, 0.05) is 12.8 Å². The minimum atomic E-state index is -1.53. The van der Waals surface area contributed by atoms with Crippen LogP contribution in [0.2, 0.25) is 0 Å². The lowest BCUT2D eigenvalue weighted by atomic mass is 10.1. The molecule has 0 aliphatic heterocycles. The second kappa shape index (κ2) is 13.5. The molecule has 4 amide bonds. The Labute approximate surface area is 181 Å².